The quantitative estimate of drug-likeness (QED) is 0.377. The van der Waals surface area contributed by atoms with Crippen LogP contribution in [0.1, 0.15) is 71.6 Å². The van der Waals surface area contributed by atoms with E-state index in [4.69, 9.17) is 0 Å². The summed E-state index contributed by atoms with van der Waals surface area (Å²) in [7, 11) is 0. The molecule has 0 aromatic heterocycles. The van der Waals surface area contributed by atoms with Crippen LogP contribution < -0.4 is 6.15 Å². The monoisotopic (exact) mass is 213 g/mol. The SMILES string of the molecule is C=CCCCCCCCC(CC)CC.N. The van der Waals surface area contributed by atoms with Gasteiger partial charge in [-0.1, -0.05) is 64.9 Å². The predicted octanol–water partition coefficient (Wildman–Crippen LogP) is 5.50. The molecule has 0 aliphatic rings. The van der Waals surface area contributed by atoms with Gasteiger partial charge in [0.15, 0.2) is 0 Å². The molecule has 0 aromatic rings. The van der Waals surface area contributed by atoms with Crippen LogP contribution >= 0.6 is 0 Å². The van der Waals surface area contributed by atoms with Gasteiger partial charge in [0.1, 0.15) is 0 Å². The molecule has 0 fully saturated rings. The van der Waals surface area contributed by atoms with Crippen molar-refractivity contribution in [3.63, 3.8) is 0 Å². The van der Waals surface area contributed by atoms with Gasteiger partial charge in [-0.05, 0) is 18.8 Å². The van der Waals surface area contributed by atoms with E-state index in [2.05, 4.69) is 20.4 Å². The minimum absolute atomic E-state index is 0. The summed E-state index contributed by atoms with van der Waals surface area (Å²) < 4.78 is 0. The number of unbranched alkanes of at least 4 members (excludes halogenated alkanes) is 5. The van der Waals surface area contributed by atoms with Crippen molar-refractivity contribution in [2.45, 2.75) is 71.6 Å². The highest BCUT2D eigenvalue weighted by molar-refractivity contribution is 4.65. The highest BCUT2D eigenvalue weighted by Crippen LogP contribution is 2.17. The third-order valence-electron chi connectivity index (χ3n) is 3.18. The summed E-state index contributed by atoms with van der Waals surface area (Å²) in [4.78, 5) is 0. The summed E-state index contributed by atoms with van der Waals surface area (Å²) in [6.07, 6.45) is 14.5. The van der Waals surface area contributed by atoms with Crippen molar-refractivity contribution in [2.75, 3.05) is 0 Å². The molecule has 0 rings (SSSR count). The zero-order valence-corrected chi connectivity index (χ0v) is 10.9. The van der Waals surface area contributed by atoms with Crippen molar-refractivity contribution in [3.8, 4) is 0 Å². The molecule has 0 amide bonds. The first-order valence-electron chi connectivity index (χ1n) is 6.46. The predicted molar refractivity (Wildman–Crippen MR) is 71.6 cm³/mol. The molecule has 3 N–H and O–H groups in total. The third-order valence-corrected chi connectivity index (χ3v) is 3.18. The number of hydrogen-bond donors (Lipinski definition) is 1. The smallest absolute Gasteiger partial charge is 0.0353 e. The lowest BCUT2D eigenvalue weighted by Crippen LogP contribution is -1.96. The maximum Gasteiger partial charge on any atom is -0.0353 e. The lowest BCUT2D eigenvalue weighted by Gasteiger charge is -2.11. The summed E-state index contributed by atoms with van der Waals surface area (Å²) in [5.74, 6) is 0.989. The van der Waals surface area contributed by atoms with Gasteiger partial charge in [0.25, 0.3) is 0 Å². The summed E-state index contributed by atoms with van der Waals surface area (Å²) in [5, 5.41) is 0. The number of hydrogen-bond acceptors (Lipinski definition) is 1. The molecule has 0 radical (unpaired) electrons. The molecule has 0 saturated heterocycles. The van der Waals surface area contributed by atoms with Gasteiger partial charge >= 0.3 is 0 Å². The second-order valence-electron chi connectivity index (χ2n) is 4.32. The summed E-state index contributed by atoms with van der Waals surface area (Å²) in [6.45, 7) is 8.38. The molecule has 0 spiro atoms. The van der Waals surface area contributed by atoms with Crippen molar-refractivity contribution >= 4 is 0 Å². The molecule has 1 nitrogen and oxygen atoms in total. The summed E-state index contributed by atoms with van der Waals surface area (Å²) >= 11 is 0. The van der Waals surface area contributed by atoms with Gasteiger partial charge in [0.2, 0.25) is 0 Å². The van der Waals surface area contributed by atoms with Crippen LogP contribution in [0, 0.1) is 5.92 Å². The Bertz CT molecular complexity index is 117. The first-order valence-corrected chi connectivity index (χ1v) is 6.46. The van der Waals surface area contributed by atoms with E-state index in [0.29, 0.717) is 0 Å². The highest BCUT2D eigenvalue weighted by atomic mass is 14.1. The van der Waals surface area contributed by atoms with Crippen molar-refractivity contribution in [1.29, 1.82) is 0 Å². The van der Waals surface area contributed by atoms with Crippen molar-refractivity contribution in [2.24, 2.45) is 5.92 Å². The van der Waals surface area contributed by atoms with Crippen LogP contribution in [0.25, 0.3) is 0 Å². The Hall–Kier alpha value is -0.300. The van der Waals surface area contributed by atoms with Crippen LogP contribution in [-0.4, -0.2) is 0 Å². The Labute approximate surface area is 96.9 Å². The molecule has 0 bridgehead atoms. The van der Waals surface area contributed by atoms with E-state index < -0.39 is 0 Å². The second kappa shape index (κ2) is 13.7. The van der Waals surface area contributed by atoms with Crippen LogP contribution in [0.2, 0.25) is 0 Å². The van der Waals surface area contributed by atoms with Gasteiger partial charge in [0.05, 0.1) is 0 Å². The molecule has 0 aliphatic carbocycles. The van der Waals surface area contributed by atoms with Gasteiger partial charge in [-0.3, -0.25) is 0 Å². The fraction of sp³-hybridized carbons (Fsp3) is 0.857. The number of rotatable bonds is 10. The zero-order valence-electron chi connectivity index (χ0n) is 10.9. The Kier molecular flexibility index (Phi) is 15.6. The molecule has 0 unspecified atom stereocenters. The van der Waals surface area contributed by atoms with Crippen molar-refractivity contribution in [1.82, 2.24) is 6.15 Å². The van der Waals surface area contributed by atoms with Gasteiger partial charge in [-0.2, -0.15) is 0 Å². The lowest BCUT2D eigenvalue weighted by atomic mass is 9.96. The molecule has 0 aliphatic heterocycles. The molecule has 15 heavy (non-hydrogen) atoms. The molecule has 0 heterocycles. The topological polar surface area (TPSA) is 35.0 Å². The first-order chi connectivity index (χ1) is 6.85. The Morgan fingerprint density at radius 1 is 0.933 bits per heavy atom. The molecule has 0 atom stereocenters. The third kappa shape index (κ3) is 11.6. The minimum Gasteiger partial charge on any atom is -0.344 e. The number of allylic oxidation sites excluding steroid dienone is 1. The Morgan fingerprint density at radius 3 is 2.00 bits per heavy atom. The van der Waals surface area contributed by atoms with E-state index in [1.54, 1.807) is 0 Å². The Balaban J connectivity index is 0. The second-order valence-corrected chi connectivity index (χ2v) is 4.32. The maximum absolute atomic E-state index is 3.74. The van der Waals surface area contributed by atoms with E-state index >= 15 is 0 Å². The van der Waals surface area contributed by atoms with Gasteiger partial charge in [-0.15, -0.1) is 6.58 Å². The van der Waals surface area contributed by atoms with E-state index in [1.165, 1.54) is 57.8 Å². The Morgan fingerprint density at radius 2 is 1.47 bits per heavy atom. The van der Waals surface area contributed by atoms with Crippen molar-refractivity contribution in [3.05, 3.63) is 12.7 Å². The minimum atomic E-state index is 0. The molecular weight excluding hydrogens is 182 g/mol. The molecule has 0 saturated carbocycles. The summed E-state index contributed by atoms with van der Waals surface area (Å²) in [5.41, 5.74) is 0. The van der Waals surface area contributed by atoms with Crippen LogP contribution in [0.5, 0.6) is 0 Å². The fourth-order valence-electron chi connectivity index (χ4n) is 1.95. The van der Waals surface area contributed by atoms with Crippen LogP contribution in [0.4, 0.5) is 0 Å². The van der Waals surface area contributed by atoms with E-state index in [-0.39, 0.29) is 6.15 Å². The van der Waals surface area contributed by atoms with E-state index in [0.717, 1.165) is 5.92 Å². The molecular formula is C14H31N. The fourth-order valence-corrected chi connectivity index (χ4v) is 1.95. The van der Waals surface area contributed by atoms with E-state index in [1.807, 2.05) is 6.08 Å². The first kappa shape index (κ1) is 17.1. The zero-order chi connectivity index (χ0) is 10.6. The van der Waals surface area contributed by atoms with Crippen LogP contribution in [-0.2, 0) is 0 Å². The van der Waals surface area contributed by atoms with Crippen LogP contribution in [0.15, 0.2) is 12.7 Å². The van der Waals surface area contributed by atoms with Crippen molar-refractivity contribution < 1.29 is 0 Å². The highest BCUT2D eigenvalue weighted by Gasteiger charge is 2.01. The summed E-state index contributed by atoms with van der Waals surface area (Å²) in [6, 6.07) is 0. The molecule has 1 heteroatoms. The maximum atomic E-state index is 3.74. The lowest BCUT2D eigenvalue weighted by molar-refractivity contribution is 0.427. The normalized spacial score (nSPS) is 10.1. The molecule has 92 valence electrons. The largest absolute Gasteiger partial charge is 0.344 e. The van der Waals surface area contributed by atoms with Gasteiger partial charge < -0.3 is 6.15 Å². The van der Waals surface area contributed by atoms with Crippen LogP contribution in [0.3, 0.4) is 0 Å². The standard InChI is InChI=1S/C14H28.H3N/c1-4-7-8-9-10-11-12-13-14(5-2)6-3;/h4,14H,1,5-13H2,2-3H3;1H3. The average molecular weight is 213 g/mol. The van der Waals surface area contributed by atoms with E-state index in [9.17, 15) is 0 Å². The average Bonchev–Trinajstić information content (AvgIpc) is 2.22. The van der Waals surface area contributed by atoms with Gasteiger partial charge in [-0.25, -0.2) is 0 Å². The molecule has 0 aromatic carbocycles. The van der Waals surface area contributed by atoms with Gasteiger partial charge in [0, 0.05) is 0 Å².